The summed E-state index contributed by atoms with van der Waals surface area (Å²) >= 11 is 5.81. The molecule has 0 saturated heterocycles. The van der Waals surface area contributed by atoms with Crippen LogP contribution in [0.15, 0.2) is 18.2 Å². The van der Waals surface area contributed by atoms with E-state index in [9.17, 15) is 0 Å². The number of alkyl halides is 1. The maximum absolute atomic E-state index is 5.81. The number of likely N-dealkylation sites (N-methyl/N-ethyl adjacent to an activating group) is 1. The predicted octanol–water partition coefficient (Wildman–Crippen LogP) is 2.82. The molecule has 0 N–H and O–H groups in total. The standard InChI is InChI=1S/C12H18ClNO/c1-10-8-12(5-4-11(10)9-13)14(2)6-7-15-3/h4-5,8H,6-7,9H2,1-3H3. The molecule has 0 aliphatic carbocycles. The number of ether oxygens (including phenoxy) is 1. The smallest absolute Gasteiger partial charge is 0.0637 e. The van der Waals surface area contributed by atoms with E-state index in [0.717, 1.165) is 13.2 Å². The van der Waals surface area contributed by atoms with Gasteiger partial charge in [-0.25, -0.2) is 0 Å². The van der Waals surface area contributed by atoms with Crippen molar-refractivity contribution >= 4 is 17.3 Å². The number of methoxy groups -OCH3 is 1. The molecule has 1 aromatic rings. The van der Waals surface area contributed by atoms with E-state index < -0.39 is 0 Å². The number of hydrogen-bond donors (Lipinski definition) is 0. The number of aryl methyl sites for hydroxylation is 1. The van der Waals surface area contributed by atoms with E-state index in [1.54, 1.807) is 7.11 Å². The second-order valence-electron chi connectivity index (χ2n) is 3.66. The topological polar surface area (TPSA) is 12.5 Å². The maximum Gasteiger partial charge on any atom is 0.0637 e. The van der Waals surface area contributed by atoms with Crippen LogP contribution in [0.25, 0.3) is 0 Å². The molecule has 0 spiro atoms. The van der Waals surface area contributed by atoms with Crippen LogP contribution in [0, 0.1) is 6.92 Å². The zero-order valence-electron chi connectivity index (χ0n) is 9.59. The molecule has 0 bridgehead atoms. The monoisotopic (exact) mass is 227 g/mol. The fourth-order valence-electron chi connectivity index (χ4n) is 1.42. The van der Waals surface area contributed by atoms with Crippen LogP contribution < -0.4 is 4.90 Å². The molecule has 2 nitrogen and oxygen atoms in total. The van der Waals surface area contributed by atoms with Crippen LogP contribution in [-0.2, 0) is 10.6 Å². The first-order valence-electron chi connectivity index (χ1n) is 5.04. The van der Waals surface area contributed by atoms with E-state index in [2.05, 4.69) is 37.1 Å². The van der Waals surface area contributed by atoms with Gasteiger partial charge in [0, 0.05) is 32.3 Å². The highest BCUT2D eigenvalue weighted by molar-refractivity contribution is 6.17. The van der Waals surface area contributed by atoms with Crippen molar-refractivity contribution in [3.8, 4) is 0 Å². The minimum absolute atomic E-state index is 0.577. The zero-order chi connectivity index (χ0) is 11.3. The fraction of sp³-hybridized carbons (Fsp3) is 0.500. The molecule has 1 aromatic carbocycles. The lowest BCUT2D eigenvalue weighted by atomic mass is 10.1. The molecule has 0 heterocycles. The van der Waals surface area contributed by atoms with Gasteiger partial charge in [-0.2, -0.15) is 0 Å². The lowest BCUT2D eigenvalue weighted by Crippen LogP contribution is -2.22. The van der Waals surface area contributed by atoms with Crippen molar-refractivity contribution in [2.45, 2.75) is 12.8 Å². The summed E-state index contributed by atoms with van der Waals surface area (Å²) in [4.78, 5) is 2.18. The van der Waals surface area contributed by atoms with Gasteiger partial charge in [0.15, 0.2) is 0 Å². The number of halogens is 1. The highest BCUT2D eigenvalue weighted by Gasteiger charge is 2.03. The Bertz CT molecular complexity index is 314. The van der Waals surface area contributed by atoms with Gasteiger partial charge in [0.1, 0.15) is 0 Å². The summed E-state index contributed by atoms with van der Waals surface area (Å²) in [6, 6.07) is 6.34. The van der Waals surface area contributed by atoms with Crippen LogP contribution in [0.1, 0.15) is 11.1 Å². The third-order valence-electron chi connectivity index (χ3n) is 2.54. The number of anilines is 1. The Kier molecular flexibility index (Phi) is 4.92. The summed E-state index contributed by atoms with van der Waals surface area (Å²) in [5.74, 6) is 0.577. The van der Waals surface area contributed by atoms with Crippen molar-refractivity contribution in [1.29, 1.82) is 0 Å². The van der Waals surface area contributed by atoms with E-state index in [-0.39, 0.29) is 0 Å². The molecule has 0 aliphatic heterocycles. The summed E-state index contributed by atoms with van der Waals surface area (Å²) in [6.07, 6.45) is 0. The van der Waals surface area contributed by atoms with Crippen molar-refractivity contribution in [2.24, 2.45) is 0 Å². The minimum Gasteiger partial charge on any atom is -0.383 e. The minimum atomic E-state index is 0.577. The molecule has 1 rings (SSSR count). The van der Waals surface area contributed by atoms with Crippen LogP contribution >= 0.6 is 11.6 Å². The second kappa shape index (κ2) is 5.99. The highest BCUT2D eigenvalue weighted by atomic mass is 35.5. The van der Waals surface area contributed by atoms with Crippen molar-refractivity contribution in [3.63, 3.8) is 0 Å². The van der Waals surface area contributed by atoms with Gasteiger partial charge < -0.3 is 9.64 Å². The quantitative estimate of drug-likeness (QED) is 0.718. The molecule has 0 aromatic heterocycles. The van der Waals surface area contributed by atoms with Crippen molar-refractivity contribution in [1.82, 2.24) is 0 Å². The summed E-state index contributed by atoms with van der Waals surface area (Å²) < 4.78 is 5.05. The Morgan fingerprint density at radius 1 is 1.40 bits per heavy atom. The Morgan fingerprint density at radius 3 is 2.67 bits per heavy atom. The third kappa shape index (κ3) is 3.40. The van der Waals surface area contributed by atoms with Gasteiger partial charge in [-0.3, -0.25) is 0 Å². The molecule has 0 amide bonds. The van der Waals surface area contributed by atoms with Crippen molar-refractivity contribution in [3.05, 3.63) is 29.3 Å². The lowest BCUT2D eigenvalue weighted by molar-refractivity contribution is 0.206. The van der Waals surface area contributed by atoms with Crippen LogP contribution in [0.3, 0.4) is 0 Å². The average molecular weight is 228 g/mol. The van der Waals surface area contributed by atoms with Crippen molar-refractivity contribution in [2.75, 3.05) is 32.2 Å². The molecule has 0 aliphatic rings. The van der Waals surface area contributed by atoms with Crippen LogP contribution in [0.5, 0.6) is 0 Å². The van der Waals surface area contributed by atoms with Gasteiger partial charge in [0.05, 0.1) is 6.61 Å². The SMILES string of the molecule is COCCN(C)c1ccc(CCl)c(C)c1. The van der Waals surface area contributed by atoms with Gasteiger partial charge in [-0.05, 0) is 30.2 Å². The molecule has 15 heavy (non-hydrogen) atoms. The molecule has 0 unspecified atom stereocenters. The second-order valence-corrected chi connectivity index (χ2v) is 3.93. The molecular weight excluding hydrogens is 210 g/mol. The van der Waals surface area contributed by atoms with Gasteiger partial charge in [-0.1, -0.05) is 6.07 Å². The molecule has 0 saturated carbocycles. The van der Waals surface area contributed by atoms with E-state index in [1.807, 2.05) is 0 Å². The largest absolute Gasteiger partial charge is 0.383 e. The van der Waals surface area contributed by atoms with Crippen LogP contribution in [-0.4, -0.2) is 27.3 Å². The third-order valence-corrected chi connectivity index (χ3v) is 2.83. The maximum atomic E-state index is 5.81. The Labute approximate surface area is 96.8 Å². The highest BCUT2D eigenvalue weighted by Crippen LogP contribution is 2.19. The Morgan fingerprint density at radius 2 is 2.13 bits per heavy atom. The van der Waals surface area contributed by atoms with Crippen molar-refractivity contribution < 1.29 is 4.74 Å². The van der Waals surface area contributed by atoms with Crippen LogP contribution in [0.4, 0.5) is 5.69 Å². The molecule has 84 valence electrons. The first-order chi connectivity index (χ1) is 7.19. The first-order valence-corrected chi connectivity index (χ1v) is 5.58. The van der Waals surface area contributed by atoms with Gasteiger partial charge in [-0.15, -0.1) is 11.6 Å². The number of rotatable bonds is 5. The average Bonchev–Trinajstić information content (AvgIpc) is 2.25. The first kappa shape index (κ1) is 12.3. The lowest BCUT2D eigenvalue weighted by Gasteiger charge is -2.19. The fourth-order valence-corrected chi connectivity index (χ4v) is 1.72. The van der Waals surface area contributed by atoms with E-state index >= 15 is 0 Å². The van der Waals surface area contributed by atoms with Gasteiger partial charge >= 0.3 is 0 Å². The molecule has 3 heteroatoms. The zero-order valence-corrected chi connectivity index (χ0v) is 10.3. The van der Waals surface area contributed by atoms with Gasteiger partial charge in [0.2, 0.25) is 0 Å². The summed E-state index contributed by atoms with van der Waals surface area (Å²) in [6.45, 7) is 3.73. The number of nitrogens with zero attached hydrogens (tertiary/aromatic N) is 1. The number of benzene rings is 1. The Hall–Kier alpha value is -0.730. The van der Waals surface area contributed by atoms with E-state index in [4.69, 9.17) is 16.3 Å². The molecule has 0 atom stereocenters. The summed E-state index contributed by atoms with van der Waals surface area (Å²) in [5.41, 5.74) is 3.64. The molecular formula is C12H18ClNO. The van der Waals surface area contributed by atoms with E-state index in [0.29, 0.717) is 5.88 Å². The normalized spacial score (nSPS) is 10.4. The Balaban J connectivity index is 2.73. The van der Waals surface area contributed by atoms with Crippen LogP contribution in [0.2, 0.25) is 0 Å². The number of hydrogen-bond acceptors (Lipinski definition) is 2. The summed E-state index contributed by atoms with van der Waals surface area (Å²) in [7, 11) is 3.78. The predicted molar refractivity (Wildman–Crippen MR) is 65.9 cm³/mol. The molecule has 0 radical (unpaired) electrons. The van der Waals surface area contributed by atoms with Gasteiger partial charge in [0.25, 0.3) is 0 Å². The molecule has 0 fully saturated rings. The van der Waals surface area contributed by atoms with E-state index in [1.165, 1.54) is 16.8 Å². The summed E-state index contributed by atoms with van der Waals surface area (Å²) in [5, 5.41) is 0.